The molecule has 0 atom stereocenters. The van der Waals surface area contributed by atoms with Crippen molar-refractivity contribution in [3.05, 3.63) is 65.2 Å². The quantitative estimate of drug-likeness (QED) is 0.382. The van der Waals surface area contributed by atoms with Crippen LogP contribution in [0, 0.1) is 6.92 Å². The Morgan fingerprint density at radius 2 is 1.75 bits per heavy atom. The van der Waals surface area contributed by atoms with Crippen molar-refractivity contribution in [1.82, 2.24) is 0 Å². The Balaban J connectivity index is 2.32. The van der Waals surface area contributed by atoms with Crippen LogP contribution in [-0.2, 0) is 16.2 Å². The fourth-order valence-corrected chi connectivity index (χ4v) is 2.23. The highest BCUT2D eigenvalue weighted by Crippen LogP contribution is 2.20. The predicted molar refractivity (Wildman–Crippen MR) is 91.7 cm³/mol. The molecule has 2 aromatic carbocycles. The molecule has 24 heavy (non-hydrogen) atoms. The van der Waals surface area contributed by atoms with E-state index < -0.39 is 0 Å². The van der Waals surface area contributed by atoms with Gasteiger partial charge in [-0.05, 0) is 29.3 Å². The Kier molecular flexibility index (Phi) is 6.19. The number of nitrogens with zero attached hydrogens (tertiary/aromatic N) is 2. The fraction of sp³-hybridized carbons (Fsp3) is 0.222. The lowest BCUT2D eigenvalue weighted by Crippen LogP contribution is -2.20. The van der Waals surface area contributed by atoms with E-state index in [9.17, 15) is 0 Å². The summed E-state index contributed by atoms with van der Waals surface area (Å²) in [5.41, 5.74) is 2.89. The lowest BCUT2D eigenvalue weighted by molar-refractivity contribution is 0.213. The van der Waals surface area contributed by atoms with E-state index in [1.165, 1.54) is 14.2 Å². The van der Waals surface area contributed by atoms with Gasteiger partial charge in [0, 0.05) is 5.56 Å². The Morgan fingerprint density at radius 3 is 2.42 bits per heavy atom. The molecule has 2 rings (SSSR count). The van der Waals surface area contributed by atoms with Gasteiger partial charge in [0.15, 0.2) is 5.71 Å². The number of rotatable bonds is 6. The Labute approximate surface area is 141 Å². The van der Waals surface area contributed by atoms with E-state index in [1.54, 1.807) is 0 Å². The van der Waals surface area contributed by atoms with Gasteiger partial charge in [0.1, 0.15) is 19.5 Å². The van der Waals surface area contributed by atoms with Gasteiger partial charge in [-0.15, -0.1) is 0 Å². The minimum atomic E-state index is -0.0415. The zero-order valence-corrected chi connectivity index (χ0v) is 13.9. The van der Waals surface area contributed by atoms with Crippen LogP contribution in [0.1, 0.15) is 16.7 Å². The van der Waals surface area contributed by atoms with Crippen LogP contribution in [0.3, 0.4) is 0 Å². The Bertz CT molecular complexity index is 741. The second-order valence-electron chi connectivity index (χ2n) is 4.94. The molecular weight excluding hydrogens is 308 g/mol. The predicted octanol–water partition coefficient (Wildman–Crippen LogP) is 3.36. The third-order valence-electron chi connectivity index (χ3n) is 3.42. The molecule has 0 unspecified atom stereocenters. The molecule has 2 aromatic rings. The summed E-state index contributed by atoms with van der Waals surface area (Å²) < 4.78 is 11.0. The van der Waals surface area contributed by atoms with Crippen LogP contribution >= 0.6 is 0 Å². The lowest BCUT2D eigenvalue weighted by atomic mass is 10.0. The van der Waals surface area contributed by atoms with E-state index in [1.807, 2.05) is 55.5 Å². The summed E-state index contributed by atoms with van der Waals surface area (Å²) in [4.78, 5) is 4.86. The Morgan fingerprint density at radius 1 is 1.04 bits per heavy atom. The molecule has 1 N–H and O–H groups in total. The van der Waals surface area contributed by atoms with Gasteiger partial charge in [-0.1, -0.05) is 47.6 Å². The van der Waals surface area contributed by atoms with Crippen molar-refractivity contribution in [2.45, 2.75) is 13.5 Å². The van der Waals surface area contributed by atoms with Crippen LogP contribution < -0.4 is 4.74 Å². The molecular formula is C18H20N2O4. The molecule has 0 saturated heterocycles. The number of oxime groups is 2. The van der Waals surface area contributed by atoms with E-state index in [0.29, 0.717) is 12.2 Å². The maximum Gasteiger partial charge on any atom is 0.280 e. The molecule has 6 heteroatoms. The third-order valence-corrected chi connectivity index (χ3v) is 3.42. The van der Waals surface area contributed by atoms with Gasteiger partial charge in [0.2, 0.25) is 0 Å². The van der Waals surface area contributed by atoms with E-state index in [2.05, 4.69) is 10.3 Å². The highest BCUT2D eigenvalue weighted by molar-refractivity contribution is 6.45. The number of benzene rings is 2. The minimum absolute atomic E-state index is 0.0415. The summed E-state index contributed by atoms with van der Waals surface area (Å²) in [6.07, 6.45) is 0. The first-order valence-electron chi connectivity index (χ1n) is 7.35. The van der Waals surface area contributed by atoms with Gasteiger partial charge < -0.3 is 19.5 Å². The van der Waals surface area contributed by atoms with Gasteiger partial charge in [-0.25, -0.2) is 0 Å². The van der Waals surface area contributed by atoms with Gasteiger partial charge in [-0.2, -0.15) is 0 Å². The summed E-state index contributed by atoms with van der Waals surface area (Å²) >= 11 is 0. The largest absolute Gasteiger partial charge is 0.489 e. The minimum Gasteiger partial charge on any atom is -0.489 e. The summed E-state index contributed by atoms with van der Waals surface area (Å²) in [5.74, 6) is 0.764. The standard InChI is InChI=1S/C18H20N2O4/c1-13-8-4-7-11-16(13)24-12-14-9-5-6-10-15(14)17(20-23-3)18(19-21)22-2/h4-11,21H,12H2,1-3H3/b19-18-,20-17+. The maximum atomic E-state index is 9.11. The van der Waals surface area contributed by atoms with Crippen LogP contribution in [0.2, 0.25) is 0 Å². The zero-order valence-electron chi connectivity index (χ0n) is 13.9. The van der Waals surface area contributed by atoms with Gasteiger partial charge >= 0.3 is 0 Å². The molecule has 0 amide bonds. The maximum absolute atomic E-state index is 9.11. The molecule has 126 valence electrons. The van der Waals surface area contributed by atoms with E-state index in [0.717, 1.165) is 16.9 Å². The first-order valence-corrected chi connectivity index (χ1v) is 7.35. The van der Waals surface area contributed by atoms with Crippen LogP contribution in [0.15, 0.2) is 58.8 Å². The van der Waals surface area contributed by atoms with Crippen LogP contribution in [0.5, 0.6) is 5.75 Å². The zero-order chi connectivity index (χ0) is 17.4. The van der Waals surface area contributed by atoms with Crippen molar-refractivity contribution >= 4 is 11.6 Å². The topological polar surface area (TPSA) is 72.6 Å². The number of methoxy groups -OCH3 is 1. The van der Waals surface area contributed by atoms with E-state index in [-0.39, 0.29) is 11.6 Å². The molecule has 0 heterocycles. The highest BCUT2D eigenvalue weighted by atomic mass is 16.6. The first-order chi connectivity index (χ1) is 11.7. The molecule has 0 spiro atoms. The molecule has 0 aliphatic heterocycles. The molecule has 0 aliphatic rings. The summed E-state index contributed by atoms with van der Waals surface area (Å²) in [6, 6.07) is 15.3. The molecule has 0 aromatic heterocycles. The van der Waals surface area contributed by atoms with Gasteiger partial charge in [0.05, 0.1) is 7.11 Å². The molecule has 0 aliphatic carbocycles. The van der Waals surface area contributed by atoms with Crippen molar-refractivity contribution in [3.63, 3.8) is 0 Å². The number of ether oxygens (including phenoxy) is 2. The van der Waals surface area contributed by atoms with E-state index in [4.69, 9.17) is 19.5 Å². The average molecular weight is 328 g/mol. The first kappa shape index (κ1) is 17.3. The normalized spacial score (nSPS) is 12.0. The summed E-state index contributed by atoms with van der Waals surface area (Å²) in [7, 11) is 2.81. The number of hydrogen-bond donors (Lipinski definition) is 1. The molecule has 0 saturated carbocycles. The van der Waals surface area contributed by atoms with E-state index >= 15 is 0 Å². The second kappa shape index (κ2) is 8.57. The smallest absolute Gasteiger partial charge is 0.280 e. The van der Waals surface area contributed by atoms with Crippen molar-refractivity contribution in [2.75, 3.05) is 14.2 Å². The monoisotopic (exact) mass is 328 g/mol. The number of hydrogen-bond acceptors (Lipinski definition) is 6. The number of aryl methyl sites for hydroxylation is 1. The highest BCUT2D eigenvalue weighted by Gasteiger charge is 2.18. The van der Waals surface area contributed by atoms with Gasteiger partial charge in [0.25, 0.3) is 5.90 Å². The van der Waals surface area contributed by atoms with Crippen molar-refractivity contribution in [2.24, 2.45) is 10.3 Å². The van der Waals surface area contributed by atoms with Crippen LogP contribution in [0.4, 0.5) is 0 Å². The SMILES string of the molecule is CO/N=C(/C(=N/O)OC)c1ccccc1COc1ccccc1C. The summed E-state index contributed by atoms with van der Waals surface area (Å²) in [6.45, 7) is 2.31. The fourth-order valence-electron chi connectivity index (χ4n) is 2.23. The lowest BCUT2D eigenvalue weighted by Gasteiger charge is -2.13. The second-order valence-corrected chi connectivity index (χ2v) is 4.94. The van der Waals surface area contributed by atoms with Crippen molar-refractivity contribution in [1.29, 1.82) is 0 Å². The van der Waals surface area contributed by atoms with Crippen molar-refractivity contribution < 1.29 is 19.5 Å². The molecule has 0 fully saturated rings. The summed E-state index contributed by atoms with van der Waals surface area (Å²) in [5, 5.41) is 16.1. The van der Waals surface area contributed by atoms with Gasteiger partial charge in [-0.3, -0.25) is 0 Å². The third kappa shape index (κ3) is 4.04. The van der Waals surface area contributed by atoms with Crippen molar-refractivity contribution in [3.8, 4) is 5.75 Å². The van der Waals surface area contributed by atoms with Crippen LogP contribution in [0.25, 0.3) is 0 Å². The number of para-hydroxylation sites is 1. The molecule has 0 bridgehead atoms. The Hall–Kier alpha value is -3.02. The van der Waals surface area contributed by atoms with Crippen LogP contribution in [-0.4, -0.2) is 31.0 Å². The molecule has 0 radical (unpaired) electrons. The average Bonchev–Trinajstić information content (AvgIpc) is 2.61. The molecule has 6 nitrogen and oxygen atoms in total.